The Hall–Kier alpha value is -3.56. The second-order valence-electron chi connectivity index (χ2n) is 6.84. The molecule has 0 aliphatic carbocycles. The van der Waals surface area contributed by atoms with E-state index >= 15 is 0 Å². The first-order valence-corrected chi connectivity index (χ1v) is 11.4. The fourth-order valence-electron chi connectivity index (χ4n) is 3.20. The zero-order valence-corrected chi connectivity index (χ0v) is 18.0. The third kappa shape index (κ3) is 4.12. The summed E-state index contributed by atoms with van der Waals surface area (Å²) in [5.74, 6) is -1.67. The second-order valence-corrected chi connectivity index (χ2v) is 9.23. The van der Waals surface area contributed by atoms with Gasteiger partial charge in [-0.05, 0) is 36.4 Å². The van der Waals surface area contributed by atoms with Gasteiger partial charge in [-0.15, -0.1) is 0 Å². The van der Waals surface area contributed by atoms with Crippen LogP contribution in [0.15, 0.2) is 65.8 Å². The van der Waals surface area contributed by atoms with E-state index in [1.165, 1.54) is 30.6 Å². The van der Waals surface area contributed by atoms with Crippen molar-refractivity contribution in [3.8, 4) is 22.8 Å². The molecule has 3 aromatic carbocycles. The number of aromatic carboxylic acids is 1. The normalized spacial score (nSPS) is 11.5. The van der Waals surface area contributed by atoms with E-state index in [1.807, 2.05) is 0 Å². The van der Waals surface area contributed by atoms with E-state index in [2.05, 4.69) is 9.97 Å². The topological polar surface area (TPSA) is 106 Å². The third-order valence-corrected chi connectivity index (χ3v) is 6.07. The first-order valence-electron chi connectivity index (χ1n) is 9.09. The summed E-state index contributed by atoms with van der Waals surface area (Å²) in [4.78, 5) is 19.3. The molecule has 0 amide bonds. The van der Waals surface area contributed by atoms with Gasteiger partial charge >= 0.3 is 5.97 Å². The standard InChI is InChI=1S/C22H14ClFN2O5S/c1-32(29,30)19-10-13(5-7-14(19)22(27)28)31-12-6-8-18(24)16(9-12)20-15-3-2-4-17(23)21(15)26-11-25-20/h2-11H,1H3,(H,27,28). The number of aromatic nitrogens is 2. The monoisotopic (exact) mass is 472 g/mol. The van der Waals surface area contributed by atoms with Crippen LogP contribution in [-0.4, -0.2) is 35.7 Å². The lowest BCUT2D eigenvalue weighted by molar-refractivity contribution is 0.0692. The van der Waals surface area contributed by atoms with Gasteiger partial charge in [0.1, 0.15) is 23.6 Å². The highest BCUT2D eigenvalue weighted by molar-refractivity contribution is 7.90. The molecule has 4 rings (SSSR count). The highest BCUT2D eigenvalue weighted by atomic mass is 35.5. The molecular formula is C22H14ClFN2O5S. The Morgan fingerprint density at radius 3 is 2.50 bits per heavy atom. The molecule has 4 aromatic rings. The molecule has 32 heavy (non-hydrogen) atoms. The van der Waals surface area contributed by atoms with Crippen LogP contribution in [0.25, 0.3) is 22.2 Å². The van der Waals surface area contributed by atoms with Crippen molar-refractivity contribution in [3.63, 3.8) is 0 Å². The number of hydrogen-bond acceptors (Lipinski definition) is 6. The van der Waals surface area contributed by atoms with Crippen molar-refractivity contribution in [3.05, 3.63) is 77.3 Å². The number of para-hydroxylation sites is 1. The van der Waals surface area contributed by atoms with Gasteiger partial charge in [-0.3, -0.25) is 0 Å². The molecule has 0 bridgehead atoms. The van der Waals surface area contributed by atoms with Gasteiger partial charge in [0, 0.05) is 23.3 Å². The van der Waals surface area contributed by atoms with Gasteiger partial charge in [0.25, 0.3) is 0 Å². The van der Waals surface area contributed by atoms with Crippen molar-refractivity contribution in [1.29, 1.82) is 0 Å². The molecule has 0 unspecified atom stereocenters. The summed E-state index contributed by atoms with van der Waals surface area (Å²) >= 11 is 6.18. The largest absolute Gasteiger partial charge is 0.478 e. The van der Waals surface area contributed by atoms with Crippen LogP contribution in [0.5, 0.6) is 11.5 Å². The minimum Gasteiger partial charge on any atom is -0.478 e. The zero-order chi connectivity index (χ0) is 23.0. The van der Waals surface area contributed by atoms with Crippen LogP contribution < -0.4 is 4.74 Å². The van der Waals surface area contributed by atoms with Crippen LogP contribution in [0, 0.1) is 5.82 Å². The van der Waals surface area contributed by atoms with Gasteiger partial charge in [0.15, 0.2) is 9.84 Å². The maximum absolute atomic E-state index is 14.7. The molecule has 1 N–H and O–H groups in total. The van der Waals surface area contributed by atoms with Crippen LogP contribution >= 0.6 is 11.6 Å². The Labute approximate surface area is 187 Å². The lowest BCUT2D eigenvalue weighted by atomic mass is 10.1. The highest BCUT2D eigenvalue weighted by Crippen LogP contribution is 2.34. The van der Waals surface area contributed by atoms with E-state index < -0.39 is 21.6 Å². The van der Waals surface area contributed by atoms with Crippen LogP contribution in [0.3, 0.4) is 0 Å². The molecule has 0 saturated heterocycles. The minimum atomic E-state index is -3.83. The van der Waals surface area contributed by atoms with Crippen LogP contribution in [0.1, 0.15) is 10.4 Å². The molecular weight excluding hydrogens is 459 g/mol. The molecule has 0 spiro atoms. The van der Waals surface area contributed by atoms with Gasteiger partial charge in [0.05, 0.1) is 26.7 Å². The first-order chi connectivity index (χ1) is 15.1. The number of benzene rings is 3. The number of fused-ring (bicyclic) bond motifs is 1. The molecule has 0 atom stereocenters. The number of carboxylic acids is 1. The predicted molar refractivity (Wildman–Crippen MR) is 117 cm³/mol. The SMILES string of the molecule is CS(=O)(=O)c1cc(Oc2ccc(F)c(-c3ncnc4c(Cl)cccc34)c2)ccc1C(=O)O. The zero-order valence-electron chi connectivity index (χ0n) is 16.4. The Kier molecular flexibility index (Phi) is 5.53. The van der Waals surface area contributed by atoms with Crippen molar-refractivity contribution < 1.29 is 27.4 Å². The molecule has 0 aliphatic heterocycles. The highest BCUT2D eigenvalue weighted by Gasteiger charge is 2.20. The van der Waals surface area contributed by atoms with E-state index in [-0.39, 0.29) is 27.5 Å². The van der Waals surface area contributed by atoms with Crippen molar-refractivity contribution in [2.45, 2.75) is 4.90 Å². The Morgan fingerprint density at radius 1 is 1.06 bits per heavy atom. The molecule has 0 aliphatic rings. The number of halogens is 2. The van der Waals surface area contributed by atoms with Crippen molar-refractivity contribution in [1.82, 2.24) is 9.97 Å². The molecule has 0 fully saturated rings. The number of nitrogens with zero attached hydrogens (tertiary/aromatic N) is 2. The van der Waals surface area contributed by atoms with Crippen molar-refractivity contribution in [2.24, 2.45) is 0 Å². The van der Waals surface area contributed by atoms with Crippen molar-refractivity contribution in [2.75, 3.05) is 6.26 Å². The minimum absolute atomic E-state index is 0.0728. The molecule has 1 aromatic heterocycles. The van der Waals surface area contributed by atoms with Crippen LogP contribution in [0.4, 0.5) is 4.39 Å². The summed E-state index contributed by atoms with van der Waals surface area (Å²) in [7, 11) is -3.83. The molecule has 1 heterocycles. The Balaban J connectivity index is 1.79. The Morgan fingerprint density at radius 2 is 1.78 bits per heavy atom. The molecule has 162 valence electrons. The number of ether oxygens (including phenoxy) is 1. The summed E-state index contributed by atoms with van der Waals surface area (Å²) in [6, 6.07) is 12.6. The van der Waals surface area contributed by atoms with Crippen molar-refractivity contribution >= 4 is 38.3 Å². The molecule has 10 heteroatoms. The van der Waals surface area contributed by atoms with Gasteiger partial charge < -0.3 is 9.84 Å². The van der Waals surface area contributed by atoms with Gasteiger partial charge in [-0.25, -0.2) is 27.6 Å². The van der Waals surface area contributed by atoms with Gasteiger partial charge in [-0.2, -0.15) is 0 Å². The summed E-state index contributed by atoms with van der Waals surface area (Å²) in [5, 5.41) is 10.2. The second kappa shape index (κ2) is 8.18. The van der Waals surface area contributed by atoms with Gasteiger partial charge in [-0.1, -0.05) is 23.7 Å². The number of carboxylic acid groups (broad SMARTS) is 1. The number of carbonyl (C=O) groups is 1. The lowest BCUT2D eigenvalue weighted by Gasteiger charge is -2.12. The summed E-state index contributed by atoms with van der Waals surface area (Å²) in [6.07, 6.45) is 2.18. The fraction of sp³-hybridized carbons (Fsp3) is 0.0455. The summed E-state index contributed by atoms with van der Waals surface area (Å²) < 4.78 is 44.4. The number of sulfone groups is 1. The van der Waals surface area contributed by atoms with Gasteiger partial charge in [0.2, 0.25) is 0 Å². The summed E-state index contributed by atoms with van der Waals surface area (Å²) in [6.45, 7) is 0. The predicted octanol–water partition coefficient (Wildman–Crippen LogP) is 4.98. The average molecular weight is 473 g/mol. The van der Waals surface area contributed by atoms with E-state index in [0.29, 0.717) is 21.6 Å². The quantitative estimate of drug-likeness (QED) is 0.436. The Bertz CT molecular complexity index is 1490. The smallest absolute Gasteiger partial charge is 0.337 e. The lowest BCUT2D eigenvalue weighted by Crippen LogP contribution is -2.07. The average Bonchev–Trinajstić information content (AvgIpc) is 2.74. The molecule has 0 saturated carbocycles. The maximum atomic E-state index is 14.7. The summed E-state index contributed by atoms with van der Waals surface area (Å²) in [5.41, 5.74) is 0.525. The number of hydrogen-bond donors (Lipinski definition) is 1. The third-order valence-electron chi connectivity index (χ3n) is 4.63. The fourth-order valence-corrected chi connectivity index (χ4v) is 4.31. The molecule has 7 nitrogen and oxygen atoms in total. The maximum Gasteiger partial charge on any atom is 0.337 e. The first kappa shape index (κ1) is 21.7. The van der Waals surface area contributed by atoms with Crippen LogP contribution in [0.2, 0.25) is 5.02 Å². The van der Waals surface area contributed by atoms with E-state index in [1.54, 1.807) is 18.2 Å². The van der Waals surface area contributed by atoms with E-state index in [0.717, 1.165) is 18.4 Å². The van der Waals surface area contributed by atoms with E-state index in [9.17, 15) is 22.7 Å². The van der Waals surface area contributed by atoms with Crippen LogP contribution in [-0.2, 0) is 9.84 Å². The van der Waals surface area contributed by atoms with E-state index in [4.69, 9.17) is 16.3 Å². The number of rotatable bonds is 5. The molecule has 0 radical (unpaired) electrons.